The van der Waals surface area contributed by atoms with Gasteiger partial charge in [0.1, 0.15) is 11.9 Å². The van der Waals surface area contributed by atoms with Crippen LogP contribution in [-0.2, 0) is 12.8 Å². The molecular formula is C15H24N4S. The lowest BCUT2D eigenvalue weighted by Crippen LogP contribution is -2.33. The van der Waals surface area contributed by atoms with Crippen LogP contribution in [0.4, 0.5) is 0 Å². The minimum Gasteiger partial charge on any atom is -0.326 e. The fourth-order valence-corrected chi connectivity index (χ4v) is 3.41. The summed E-state index contributed by atoms with van der Waals surface area (Å²) in [5.41, 5.74) is 6.38. The van der Waals surface area contributed by atoms with Gasteiger partial charge in [0.25, 0.3) is 0 Å². The monoisotopic (exact) mass is 292 g/mol. The second-order valence-corrected chi connectivity index (χ2v) is 6.38. The summed E-state index contributed by atoms with van der Waals surface area (Å²) in [6.07, 6.45) is 2.66. The van der Waals surface area contributed by atoms with Crippen molar-refractivity contribution in [1.82, 2.24) is 14.8 Å². The van der Waals surface area contributed by atoms with Gasteiger partial charge in [-0.05, 0) is 25.5 Å². The van der Waals surface area contributed by atoms with Crippen LogP contribution in [-0.4, -0.2) is 20.8 Å². The van der Waals surface area contributed by atoms with E-state index in [-0.39, 0.29) is 12.1 Å². The molecule has 0 spiro atoms. The van der Waals surface area contributed by atoms with Crippen LogP contribution in [0, 0.1) is 6.92 Å². The molecular weight excluding hydrogens is 268 g/mol. The van der Waals surface area contributed by atoms with Crippen molar-refractivity contribution >= 4 is 11.3 Å². The molecule has 5 heteroatoms. The third kappa shape index (κ3) is 2.94. The van der Waals surface area contributed by atoms with Gasteiger partial charge in [-0.25, -0.2) is 9.67 Å². The number of aromatic nitrogens is 3. The van der Waals surface area contributed by atoms with Crippen LogP contribution >= 0.6 is 11.3 Å². The highest BCUT2D eigenvalue weighted by atomic mass is 32.1. The summed E-state index contributed by atoms with van der Waals surface area (Å²) < 4.78 is 2.05. The molecule has 2 N–H and O–H groups in total. The van der Waals surface area contributed by atoms with E-state index in [0.717, 1.165) is 30.9 Å². The van der Waals surface area contributed by atoms with Crippen molar-refractivity contribution in [3.05, 3.63) is 33.5 Å². The zero-order chi connectivity index (χ0) is 14.7. The van der Waals surface area contributed by atoms with Crippen LogP contribution in [0.1, 0.15) is 54.6 Å². The Morgan fingerprint density at radius 1 is 1.25 bits per heavy atom. The molecule has 2 aromatic rings. The van der Waals surface area contributed by atoms with E-state index < -0.39 is 0 Å². The van der Waals surface area contributed by atoms with E-state index in [4.69, 9.17) is 5.73 Å². The molecule has 2 atom stereocenters. The highest BCUT2D eigenvalue weighted by Crippen LogP contribution is 2.29. The van der Waals surface area contributed by atoms with Gasteiger partial charge in [0.05, 0.1) is 0 Å². The molecule has 2 heterocycles. The van der Waals surface area contributed by atoms with Crippen LogP contribution in [0.25, 0.3) is 0 Å². The van der Waals surface area contributed by atoms with E-state index in [1.807, 2.05) is 0 Å². The van der Waals surface area contributed by atoms with E-state index in [0.29, 0.717) is 0 Å². The first kappa shape index (κ1) is 15.2. The van der Waals surface area contributed by atoms with Crippen LogP contribution in [0.2, 0.25) is 0 Å². The zero-order valence-electron chi connectivity index (χ0n) is 12.8. The standard InChI is InChI=1S/C15H24N4S/c1-5-11(16)15(12-9-8-10(4)20-12)19-14(7-3)17-13(6-2)18-19/h8-9,11,15H,5-7,16H2,1-4H3. The van der Waals surface area contributed by atoms with Crippen molar-refractivity contribution in [2.45, 2.75) is 59.0 Å². The quantitative estimate of drug-likeness (QED) is 0.890. The highest BCUT2D eigenvalue weighted by Gasteiger charge is 2.25. The predicted molar refractivity (Wildman–Crippen MR) is 84.2 cm³/mol. The number of rotatable bonds is 6. The summed E-state index contributed by atoms with van der Waals surface area (Å²) in [5.74, 6) is 1.94. The second-order valence-electron chi connectivity index (χ2n) is 5.06. The molecule has 0 amide bonds. The first-order valence-electron chi connectivity index (χ1n) is 7.36. The fraction of sp³-hybridized carbons (Fsp3) is 0.600. The number of aryl methyl sites for hydroxylation is 3. The van der Waals surface area contributed by atoms with Gasteiger partial charge in [0, 0.05) is 28.6 Å². The molecule has 2 rings (SSSR count). The molecule has 0 fully saturated rings. The minimum absolute atomic E-state index is 0.0600. The Morgan fingerprint density at radius 3 is 2.50 bits per heavy atom. The Hall–Kier alpha value is -1.20. The molecule has 20 heavy (non-hydrogen) atoms. The van der Waals surface area contributed by atoms with Crippen molar-refractivity contribution in [3.63, 3.8) is 0 Å². The number of hydrogen-bond acceptors (Lipinski definition) is 4. The lowest BCUT2D eigenvalue weighted by molar-refractivity contribution is 0.415. The molecule has 0 aliphatic carbocycles. The van der Waals surface area contributed by atoms with Crippen molar-refractivity contribution in [2.75, 3.05) is 0 Å². The van der Waals surface area contributed by atoms with Gasteiger partial charge in [-0.3, -0.25) is 0 Å². The van der Waals surface area contributed by atoms with Gasteiger partial charge in [0.15, 0.2) is 5.82 Å². The van der Waals surface area contributed by atoms with Crippen molar-refractivity contribution in [1.29, 1.82) is 0 Å². The Bertz CT molecular complexity index is 558. The predicted octanol–water partition coefficient (Wildman–Crippen LogP) is 3.10. The number of nitrogens with zero attached hydrogens (tertiary/aromatic N) is 3. The van der Waals surface area contributed by atoms with E-state index in [2.05, 4.69) is 54.6 Å². The van der Waals surface area contributed by atoms with E-state index in [9.17, 15) is 0 Å². The van der Waals surface area contributed by atoms with Crippen LogP contribution in [0.3, 0.4) is 0 Å². The van der Waals surface area contributed by atoms with Crippen LogP contribution in [0.15, 0.2) is 12.1 Å². The second kappa shape index (κ2) is 6.50. The lowest BCUT2D eigenvalue weighted by Gasteiger charge is -2.23. The summed E-state index contributed by atoms with van der Waals surface area (Å²) >= 11 is 1.80. The summed E-state index contributed by atoms with van der Waals surface area (Å²) in [5, 5.41) is 4.69. The van der Waals surface area contributed by atoms with E-state index in [1.54, 1.807) is 11.3 Å². The maximum Gasteiger partial charge on any atom is 0.150 e. The summed E-state index contributed by atoms with van der Waals surface area (Å²) in [4.78, 5) is 7.20. The number of hydrogen-bond donors (Lipinski definition) is 1. The Kier molecular flexibility index (Phi) is 4.94. The molecule has 0 saturated carbocycles. The van der Waals surface area contributed by atoms with Crippen molar-refractivity contribution < 1.29 is 0 Å². The summed E-state index contributed by atoms with van der Waals surface area (Å²) in [6.45, 7) is 8.46. The smallest absolute Gasteiger partial charge is 0.150 e. The molecule has 0 radical (unpaired) electrons. The molecule has 0 aliphatic heterocycles. The number of nitrogens with two attached hydrogens (primary N) is 1. The Balaban J connectivity index is 2.48. The summed E-state index contributed by atoms with van der Waals surface area (Å²) in [7, 11) is 0. The van der Waals surface area contributed by atoms with Crippen LogP contribution in [0.5, 0.6) is 0 Å². The van der Waals surface area contributed by atoms with Gasteiger partial charge < -0.3 is 5.73 Å². The van der Waals surface area contributed by atoms with Gasteiger partial charge in [-0.1, -0.05) is 20.8 Å². The van der Waals surface area contributed by atoms with Crippen molar-refractivity contribution in [2.24, 2.45) is 5.73 Å². The van der Waals surface area contributed by atoms with Crippen molar-refractivity contribution in [3.8, 4) is 0 Å². The molecule has 0 bridgehead atoms. The Morgan fingerprint density at radius 2 is 2.00 bits per heavy atom. The normalized spacial score (nSPS) is 14.4. The number of thiophene rings is 1. The molecule has 2 aromatic heterocycles. The average molecular weight is 292 g/mol. The molecule has 110 valence electrons. The van der Waals surface area contributed by atoms with Crippen LogP contribution < -0.4 is 5.73 Å². The SMILES string of the molecule is CCc1nc(CC)n(C(c2ccc(C)s2)C(N)CC)n1. The van der Waals surface area contributed by atoms with Gasteiger partial charge in [0.2, 0.25) is 0 Å². The van der Waals surface area contributed by atoms with Gasteiger partial charge in [-0.15, -0.1) is 11.3 Å². The first-order chi connectivity index (χ1) is 9.60. The van der Waals surface area contributed by atoms with Gasteiger partial charge >= 0.3 is 0 Å². The topological polar surface area (TPSA) is 56.7 Å². The maximum atomic E-state index is 6.38. The largest absolute Gasteiger partial charge is 0.326 e. The first-order valence-corrected chi connectivity index (χ1v) is 8.18. The molecule has 0 aliphatic rings. The minimum atomic E-state index is 0.0600. The highest BCUT2D eigenvalue weighted by molar-refractivity contribution is 7.12. The van der Waals surface area contributed by atoms with E-state index in [1.165, 1.54) is 9.75 Å². The molecule has 0 aromatic carbocycles. The fourth-order valence-electron chi connectivity index (χ4n) is 2.37. The average Bonchev–Trinajstić information content (AvgIpc) is 3.05. The Labute approximate surface area is 125 Å². The van der Waals surface area contributed by atoms with E-state index >= 15 is 0 Å². The third-order valence-electron chi connectivity index (χ3n) is 3.57. The third-order valence-corrected chi connectivity index (χ3v) is 4.64. The van der Waals surface area contributed by atoms with Gasteiger partial charge in [-0.2, -0.15) is 5.10 Å². The molecule has 0 saturated heterocycles. The zero-order valence-corrected chi connectivity index (χ0v) is 13.6. The molecule has 2 unspecified atom stereocenters. The molecule has 4 nitrogen and oxygen atoms in total. The maximum absolute atomic E-state index is 6.38. The lowest BCUT2D eigenvalue weighted by atomic mass is 10.1. The summed E-state index contributed by atoms with van der Waals surface area (Å²) in [6, 6.07) is 4.48.